The first-order valence-electron chi connectivity index (χ1n) is 6.76. The van der Waals surface area contributed by atoms with E-state index in [0.29, 0.717) is 6.42 Å². The molecule has 3 nitrogen and oxygen atoms in total. The van der Waals surface area contributed by atoms with Gasteiger partial charge in [0.15, 0.2) is 0 Å². The molecule has 2 N–H and O–H groups in total. The summed E-state index contributed by atoms with van der Waals surface area (Å²) in [5.41, 5.74) is 1.21. The van der Waals surface area contributed by atoms with Gasteiger partial charge in [0, 0.05) is 10.5 Å². The fourth-order valence-corrected chi connectivity index (χ4v) is 2.33. The summed E-state index contributed by atoms with van der Waals surface area (Å²) in [5.74, 6) is -0.754. The van der Waals surface area contributed by atoms with Crippen molar-refractivity contribution in [1.82, 2.24) is 5.32 Å². The van der Waals surface area contributed by atoms with Crippen molar-refractivity contribution in [1.29, 1.82) is 0 Å². The second kappa shape index (κ2) is 8.33. The Morgan fingerprint density at radius 2 is 2.00 bits per heavy atom. The van der Waals surface area contributed by atoms with Crippen LogP contribution < -0.4 is 5.32 Å². The fraction of sp³-hybridized carbons (Fsp3) is 0.533. The van der Waals surface area contributed by atoms with Gasteiger partial charge >= 0.3 is 5.97 Å². The molecule has 1 rings (SSSR count). The van der Waals surface area contributed by atoms with Crippen LogP contribution in [-0.2, 0) is 11.2 Å². The van der Waals surface area contributed by atoms with Crippen LogP contribution in [0.15, 0.2) is 28.7 Å². The van der Waals surface area contributed by atoms with Crippen molar-refractivity contribution < 1.29 is 9.90 Å². The van der Waals surface area contributed by atoms with E-state index in [1.54, 1.807) is 0 Å². The Balaban J connectivity index is 2.49. The molecule has 0 aliphatic heterocycles. The van der Waals surface area contributed by atoms with Crippen LogP contribution in [-0.4, -0.2) is 23.2 Å². The summed E-state index contributed by atoms with van der Waals surface area (Å²) in [6.45, 7) is 4.11. The molecule has 0 aromatic heterocycles. The molecule has 0 aliphatic rings. The molecule has 0 radical (unpaired) electrons. The number of aliphatic carboxylic acids is 1. The molecule has 2 atom stereocenters. The number of carboxylic acids is 1. The zero-order valence-electron chi connectivity index (χ0n) is 11.5. The third-order valence-corrected chi connectivity index (χ3v) is 3.61. The molecular formula is C15H22BrNO2. The first-order chi connectivity index (χ1) is 9.02. The first-order valence-corrected chi connectivity index (χ1v) is 7.55. The molecule has 0 aliphatic carbocycles. The molecule has 0 spiro atoms. The second-order valence-electron chi connectivity index (χ2n) is 4.93. The third kappa shape index (κ3) is 6.21. The van der Waals surface area contributed by atoms with Crippen molar-refractivity contribution in [2.75, 3.05) is 0 Å². The van der Waals surface area contributed by atoms with Gasteiger partial charge < -0.3 is 10.4 Å². The zero-order valence-corrected chi connectivity index (χ0v) is 13.1. The Labute approximate surface area is 123 Å². The number of benzene rings is 1. The van der Waals surface area contributed by atoms with Crippen LogP contribution in [0, 0.1) is 0 Å². The van der Waals surface area contributed by atoms with Gasteiger partial charge in [-0.1, -0.05) is 47.8 Å². The molecule has 0 saturated carbocycles. The average molecular weight is 328 g/mol. The molecule has 0 amide bonds. The Kier molecular flexibility index (Phi) is 7.10. The van der Waals surface area contributed by atoms with Gasteiger partial charge in [0.2, 0.25) is 0 Å². The molecule has 0 bridgehead atoms. The van der Waals surface area contributed by atoms with Crippen LogP contribution in [0.1, 0.15) is 38.7 Å². The summed E-state index contributed by atoms with van der Waals surface area (Å²) in [4.78, 5) is 11.2. The highest BCUT2D eigenvalue weighted by molar-refractivity contribution is 9.10. The topological polar surface area (TPSA) is 49.3 Å². The molecular weight excluding hydrogens is 306 g/mol. The smallest absolute Gasteiger partial charge is 0.320 e. The number of halogens is 1. The van der Waals surface area contributed by atoms with Gasteiger partial charge in [-0.3, -0.25) is 4.79 Å². The van der Waals surface area contributed by atoms with Crippen molar-refractivity contribution >= 4 is 21.9 Å². The number of unbranched alkanes of at least 4 members (excludes halogenated alkanes) is 1. The van der Waals surface area contributed by atoms with E-state index >= 15 is 0 Å². The number of rotatable bonds is 8. The number of nitrogens with one attached hydrogen (secondary N) is 1. The highest BCUT2D eigenvalue weighted by Crippen LogP contribution is 2.12. The first kappa shape index (κ1) is 16.2. The molecule has 4 heteroatoms. The molecule has 0 saturated heterocycles. The van der Waals surface area contributed by atoms with E-state index in [1.807, 2.05) is 19.1 Å². The minimum absolute atomic E-state index is 0.152. The second-order valence-corrected chi connectivity index (χ2v) is 5.85. The SMILES string of the molecule is CCCC[C@H](NC(C)Cc1ccc(Br)cc1)C(=O)O. The van der Waals surface area contributed by atoms with E-state index in [1.165, 1.54) is 5.56 Å². The Morgan fingerprint density at radius 3 is 2.53 bits per heavy atom. The zero-order chi connectivity index (χ0) is 14.3. The van der Waals surface area contributed by atoms with Crippen molar-refractivity contribution in [3.8, 4) is 0 Å². The quantitative estimate of drug-likeness (QED) is 0.766. The number of hydrogen-bond acceptors (Lipinski definition) is 2. The van der Waals surface area contributed by atoms with Crippen LogP contribution >= 0.6 is 15.9 Å². The Hall–Kier alpha value is -0.870. The summed E-state index contributed by atoms with van der Waals surface area (Å²) in [6.07, 6.45) is 3.49. The van der Waals surface area contributed by atoms with Crippen LogP contribution in [0.25, 0.3) is 0 Å². The molecule has 1 aromatic rings. The summed E-state index contributed by atoms with van der Waals surface area (Å²) < 4.78 is 1.06. The maximum absolute atomic E-state index is 11.2. The number of carbonyl (C=O) groups is 1. The fourth-order valence-electron chi connectivity index (χ4n) is 2.06. The van der Waals surface area contributed by atoms with Crippen molar-refractivity contribution in [3.63, 3.8) is 0 Å². The van der Waals surface area contributed by atoms with Gasteiger partial charge in [-0.15, -0.1) is 0 Å². The normalized spacial score (nSPS) is 14.1. The molecule has 1 aromatic carbocycles. The van der Waals surface area contributed by atoms with Gasteiger partial charge in [0.1, 0.15) is 6.04 Å². The van der Waals surface area contributed by atoms with Crippen LogP contribution in [0.3, 0.4) is 0 Å². The van der Waals surface area contributed by atoms with E-state index in [9.17, 15) is 9.90 Å². The largest absolute Gasteiger partial charge is 0.480 e. The van der Waals surface area contributed by atoms with E-state index < -0.39 is 12.0 Å². The van der Waals surface area contributed by atoms with Gasteiger partial charge in [-0.05, 0) is 37.5 Å². The van der Waals surface area contributed by atoms with E-state index in [2.05, 4.69) is 40.3 Å². The molecule has 1 unspecified atom stereocenters. The number of hydrogen-bond donors (Lipinski definition) is 2. The molecule has 0 fully saturated rings. The Morgan fingerprint density at radius 1 is 1.37 bits per heavy atom. The molecule has 106 valence electrons. The van der Waals surface area contributed by atoms with E-state index in [-0.39, 0.29) is 6.04 Å². The lowest BCUT2D eigenvalue weighted by atomic mass is 10.0. The monoisotopic (exact) mass is 327 g/mol. The number of carboxylic acid groups (broad SMARTS) is 1. The standard InChI is InChI=1S/C15H22BrNO2/c1-3-4-5-14(15(18)19)17-11(2)10-12-6-8-13(16)9-7-12/h6-9,11,14,17H,3-5,10H2,1-2H3,(H,18,19)/t11?,14-/m0/s1. The maximum atomic E-state index is 11.2. The van der Waals surface area contributed by atoms with Gasteiger partial charge in [-0.2, -0.15) is 0 Å². The predicted octanol–water partition coefficient (Wildman–Crippen LogP) is 3.61. The molecule has 19 heavy (non-hydrogen) atoms. The van der Waals surface area contributed by atoms with Gasteiger partial charge in [0.25, 0.3) is 0 Å². The lowest BCUT2D eigenvalue weighted by Gasteiger charge is -2.20. The van der Waals surface area contributed by atoms with Crippen LogP contribution in [0.5, 0.6) is 0 Å². The van der Waals surface area contributed by atoms with E-state index in [4.69, 9.17) is 0 Å². The highest BCUT2D eigenvalue weighted by atomic mass is 79.9. The summed E-state index contributed by atoms with van der Waals surface area (Å²) in [5, 5.41) is 12.4. The third-order valence-electron chi connectivity index (χ3n) is 3.09. The lowest BCUT2D eigenvalue weighted by Crippen LogP contribution is -2.42. The van der Waals surface area contributed by atoms with Crippen LogP contribution in [0.2, 0.25) is 0 Å². The summed E-state index contributed by atoms with van der Waals surface area (Å²) in [6, 6.07) is 7.85. The lowest BCUT2D eigenvalue weighted by molar-refractivity contribution is -0.139. The summed E-state index contributed by atoms with van der Waals surface area (Å²) in [7, 11) is 0. The van der Waals surface area contributed by atoms with E-state index in [0.717, 1.165) is 23.7 Å². The van der Waals surface area contributed by atoms with Crippen molar-refractivity contribution in [3.05, 3.63) is 34.3 Å². The average Bonchev–Trinajstić information content (AvgIpc) is 2.37. The summed E-state index contributed by atoms with van der Waals surface area (Å²) >= 11 is 3.41. The minimum atomic E-state index is -0.754. The van der Waals surface area contributed by atoms with Crippen molar-refractivity contribution in [2.45, 2.75) is 51.6 Å². The van der Waals surface area contributed by atoms with Crippen LogP contribution in [0.4, 0.5) is 0 Å². The van der Waals surface area contributed by atoms with Gasteiger partial charge in [-0.25, -0.2) is 0 Å². The highest BCUT2D eigenvalue weighted by Gasteiger charge is 2.18. The minimum Gasteiger partial charge on any atom is -0.480 e. The van der Waals surface area contributed by atoms with Crippen molar-refractivity contribution in [2.24, 2.45) is 0 Å². The molecule has 0 heterocycles. The predicted molar refractivity (Wildman–Crippen MR) is 81.4 cm³/mol. The maximum Gasteiger partial charge on any atom is 0.320 e. The van der Waals surface area contributed by atoms with Gasteiger partial charge in [0.05, 0.1) is 0 Å². The Bertz CT molecular complexity index is 392.